The highest BCUT2D eigenvalue weighted by atomic mass is 16.5. The predicted molar refractivity (Wildman–Crippen MR) is 58.5 cm³/mol. The van der Waals surface area contributed by atoms with Crippen LogP contribution in [0, 0.1) is 6.20 Å². The zero-order chi connectivity index (χ0) is 11.4. The summed E-state index contributed by atoms with van der Waals surface area (Å²) in [6.45, 7) is 0. The average molecular weight is 216 g/mol. The summed E-state index contributed by atoms with van der Waals surface area (Å²) in [6.07, 6.45) is 4.07. The van der Waals surface area contributed by atoms with E-state index >= 15 is 0 Å². The molecular weight excluding hydrogens is 206 g/mol. The number of carbonyl (C=O) groups excluding carboxylic acids is 1. The van der Waals surface area contributed by atoms with Gasteiger partial charge in [-0.15, -0.1) is 0 Å². The number of carbonyl (C=O) groups is 1. The van der Waals surface area contributed by atoms with Crippen molar-refractivity contribution < 1.29 is 9.53 Å². The maximum absolute atomic E-state index is 11.6. The number of aromatic nitrogens is 2. The van der Waals surface area contributed by atoms with Crippen LogP contribution in [0.15, 0.2) is 36.5 Å². The second-order valence-electron chi connectivity index (χ2n) is 3.05. The fraction of sp³-hybridized carbons (Fsp3) is 0.0909. The number of amides is 1. The molecule has 81 valence electrons. The molecule has 1 N–H and O–H groups in total. The molecule has 0 bridgehead atoms. The SMILES string of the molecule is COc1ccc(NC(=O)n2cc[c]n2)cc1. The van der Waals surface area contributed by atoms with Crippen molar-refractivity contribution in [3.63, 3.8) is 0 Å². The third kappa shape index (κ3) is 2.20. The van der Waals surface area contributed by atoms with Crippen molar-refractivity contribution >= 4 is 11.7 Å². The molecule has 0 atom stereocenters. The highest BCUT2D eigenvalue weighted by molar-refractivity contribution is 5.90. The van der Waals surface area contributed by atoms with E-state index in [1.54, 1.807) is 37.4 Å². The molecule has 0 unspecified atom stereocenters. The Labute approximate surface area is 92.7 Å². The van der Waals surface area contributed by atoms with Crippen LogP contribution in [0.25, 0.3) is 0 Å². The van der Waals surface area contributed by atoms with Gasteiger partial charge in [0.05, 0.1) is 7.11 Å². The van der Waals surface area contributed by atoms with Crippen LogP contribution >= 0.6 is 0 Å². The molecule has 0 spiro atoms. The van der Waals surface area contributed by atoms with Crippen molar-refractivity contribution in [1.29, 1.82) is 0 Å². The second kappa shape index (κ2) is 4.48. The van der Waals surface area contributed by atoms with Gasteiger partial charge in [-0.3, -0.25) is 0 Å². The van der Waals surface area contributed by atoms with Crippen molar-refractivity contribution in [2.45, 2.75) is 0 Å². The number of hydrogen-bond donors (Lipinski definition) is 1. The molecule has 2 aromatic rings. The van der Waals surface area contributed by atoms with Gasteiger partial charge in [-0.2, -0.15) is 9.78 Å². The Bertz CT molecular complexity index is 462. The number of rotatable bonds is 2. The molecule has 2 rings (SSSR count). The van der Waals surface area contributed by atoms with Gasteiger partial charge < -0.3 is 10.1 Å². The number of nitrogens with one attached hydrogen (secondary N) is 1. The van der Waals surface area contributed by atoms with E-state index in [9.17, 15) is 4.79 Å². The maximum atomic E-state index is 11.6. The van der Waals surface area contributed by atoms with Crippen LogP contribution in [-0.2, 0) is 0 Å². The molecule has 0 aliphatic rings. The van der Waals surface area contributed by atoms with Gasteiger partial charge in [0.15, 0.2) is 0 Å². The van der Waals surface area contributed by atoms with Crippen LogP contribution in [0.5, 0.6) is 5.75 Å². The third-order valence-corrected chi connectivity index (χ3v) is 2.01. The Hall–Kier alpha value is -2.30. The standard InChI is InChI=1S/C11H10N3O2/c1-16-10-5-3-9(4-6-10)13-11(15)14-8-2-7-12-14/h2-6,8H,1H3,(H,13,15). The van der Waals surface area contributed by atoms with Crippen molar-refractivity contribution in [2.75, 3.05) is 12.4 Å². The molecule has 5 nitrogen and oxygen atoms in total. The third-order valence-electron chi connectivity index (χ3n) is 2.01. The highest BCUT2D eigenvalue weighted by Gasteiger charge is 2.04. The topological polar surface area (TPSA) is 56.1 Å². The first-order valence-electron chi connectivity index (χ1n) is 4.67. The minimum atomic E-state index is -0.327. The number of hydrogen-bond acceptors (Lipinski definition) is 3. The Morgan fingerprint density at radius 1 is 1.44 bits per heavy atom. The van der Waals surface area contributed by atoms with E-state index in [-0.39, 0.29) is 6.03 Å². The number of benzene rings is 1. The molecule has 1 aromatic carbocycles. The van der Waals surface area contributed by atoms with E-state index in [0.717, 1.165) is 5.75 Å². The Morgan fingerprint density at radius 2 is 2.19 bits per heavy atom. The second-order valence-corrected chi connectivity index (χ2v) is 3.05. The van der Waals surface area contributed by atoms with Gasteiger partial charge in [0.25, 0.3) is 0 Å². The fourth-order valence-corrected chi connectivity index (χ4v) is 1.20. The molecule has 1 aromatic heterocycles. The molecule has 1 radical (unpaired) electrons. The number of nitrogens with zero attached hydrogens (tertiary/aromatic N) is 2. The van der Waals surface area contributed by atoms with E-state index in [1.807, 2.05) is 0 Å². The maximum Gasteiger partial charge on any atom is 0.346 e. The van der Waals surface area contributed by atoms with Gasteiger partial charge in [0.1, 0.15) is 11.9 Å². The summed E-state index contributed by atoms with van der Waals surface area (Å²) in [5, 5.41) is 6.38. The average Bonchev–Trinajstić information content (AvgIpc) is 2.83. The van der Waals surface area contributed by atoms with E-state index < -0.39 is 0 Å². The molecule has 16 heavy (non-hydrogen) atoms. The lowest BCUT2D eigenvalue weighted by Gasteiger charge is -2.05. The van der Waals surface area contributed by atoms with E-state index in [1.165, 1.54) is 10.9 Å². The first-order chi connectivity index (χ1) is 7.79. The Morgan fingerprint density at radius 3 is 2.75 bits per heavy atom. The summed E-state index contributed by atoms with van der Waals surface area (Å²) in [4.78, 5) is 11.6. The molecule has 1 heterocycles. The molecular formula is C11H10N3O2. The van der Waals surface area contributed by atoms with Crippen LogP contribution in [0.4, 0.5) is 10.5 Å². The first kappa shape index (κ1) is 10.2. The minimum absolute atomic E-state index is 0.327. The van der Waals surface area contributed by atoms with Crippen molar-refractivity contribution in [3.8, 4) is 5.75 Å². The largest absolute Gasteiger partial charge is 0.497 e. The molecule has 5 heteroatoms. The molecule has 1 amide bonds. The lowest BCUT2D eigenvalue weighted by Crippen LogP contribution is -2.19. The Kier molecular flexibility index (Phi) is 2.86. The minimum Gasteiger partial charge on any atom is -0.497 e. The lowest BCUT2D eigenvalue weighted by atomic mass is 10.3. The lowest BCUT2D eigenvalue weighted by molar-refractivity contribution is 0.251. The quantitative estimate of drug-likeness (QED) is 0.832. The zero-order valence-electron chi connectivity index (χ0n) is 8.68. The van der Waals surface area contributed by atoms with E-state index in [2.05, 4.69) is 16.6 Å². The van der Waals surface area contributed by atoms with Crippen LogP contribution in [0.1, 0.15) is 0 Å². The Balaban J connectivity index is 2.06. The van der Waals surface area contributed by atoms with E-state index in [0.29, 0.717) is 5.69 Å². The van der Waals surface area contributed by atoms with Gasteiger partial charge >= 0.3 is 6.03 Å². The summed E-state index contributed by atoms with van der Waals surface area (Å²) in [5.74, 6) is 0.741. The summed E-state index contributed by atoms with van der Waals surface area (Å²) in [7, 11) is 1.59. The number of ether oxygens (including phenoxy) is 1. The highest BCUT2D eigenvalue weighted by Crippen LogP contribution is 2.14. The fourth-order valence-electron chi connectivity index (χ4n) is 1.20. The smallest absolute Gasteiger partial charge is 0.346 e. The number of methoxy groups -OCH3 is 1. The van der Waals surface area contributed by atoms with Gasteiger partial charge in [0.2, 0.25) is 0 Å². The molecule has 0 saturated heterocycles. The van der Waals surface area contributed by atoms with Gasteiger partial charge in [0, 0.05) is 11.9 Å². The molecule has 0 aliphatic heterocycles. The van der Waals surface area contributed by atoms with Crippen LogP contribution in [0.2, 0.25) is 0 Å². The monoisotopic (exact) mass is 216 g/mol. The van der Waals surface area contributed by atoms with Crippen LogP contribution in [-0.4, -0.2) is 22.9 Å². The predicted octanol–water partition coefficient (Wildman–Crippen LogP) is 1.77. The van der Waals surface area contributed by atoms with Crippen LogP contribution in [0.3, 0.4) is 0 Å². The van der Waals surface area contributed by atoms with Gasteiger partial charge in [-0.25, -0.2) is 4.79 Å². The first-order valence-corrected chi connectivity index (χ1v) is 4.67. The van der Waals surface area contributed by atoms with E-state index in [4.69, 9.17) is 4.74 Å². The molecule has 0 saturated carbocycles. The summed E-state index contributed by atoms with van der Waals surface area (Å²) in [5.41, 5.74) is 0.682. The van der Waals surface area contributed by atoms with Crippen molar-refractivity contribution in [1.82, 2.24) is 9.78 Å². The van der Waals surface area contributed by atoms with Crippen molar-refractivity contribution in [3.05, 3.63) is 42.7 Å². The zero-order valence-corrected chi connectivity index (χ0v) is 8.68. The normalized spacial score (nSPS) is 9.81. The van der Waals surface area contributed by atoms with Gasteiger partial charge in [-0.1, -0.05) is 0 Å². The molecule has 0 aliphatic carbocycles. The summed E-state index contributed by atoms with van der Waals surface area (Å²) < 4.78 is 6.18. The van der Waals surface area contributed by atoms with Gasteiger partial charge in [-0.05, 0) is 30.3 Å². The number of anilines is 1. The summed E-state index contributed by atoms with van der Waals surface area (Å²) >= 11 is 0. The molecule has 0 fully saturated rings. The van der Waals surface area contributed by atoms with Crippen LogP contribution < -0.4 is 10.1 Å². The summed E-state index contributed by atoms with van der Waals surface area (Å²) in [6, 6.07) is 8.28. The van der Waals surface area contributed by atoms with Crippen molar-refractivity contribution in [2.24, 2.45) is 0 Å².